The number of sulfonamides is 1. The van der Waals surface area contributed by atoms with Gasteiger partial charge in [0, 0.05) is 23.6 Å². The Morgan fingerprint density at radius 1 is 1.12 bits per heavy atom. The van der Waals surface area contributed by atoms with Crippen LogP contribution in [0.15, 0.2) is 59.6 Å². The molecule has 0 spiro atoms. The summed E-state index contributed by atoms with van der Waals surface area (Å²) in [7, 11) is -3.79. The van der Waals surface area contributed by atoms with Gasteiger partial charge in [-0.1, -0.05) is 18.2 Å². The van der Waals surface area contributed by atoms with E-state index >= 15 is 0 Å². The highest BCUT2D eigenvalue weighted by Gasteiger charge is 2.25. The van der Waals surface area contributed by atoms with E-state index in [2.05, 4.69) is 4.98 Å². The molecule has 1 aromatic heterocycles. The number of hydrogen-bond acceptors (Lipinski definition) is 3. The Kier molecular flexibility index (Phi) is 4.02. The van der Waals surface area contributed by atoms with Crippen LogP contribution in [0.1, 0.15) is 17.3 Å². The van der Waals surface area contributed by atoms with Crippen molar-refractivity contribution in [3.05, 3.63) is 60.3 Å². The number of para-hydroxylation sites is 1. The van der Waals surface area contributed by atoms with Crippen molar-refractivity contribution < 1.29 is 18.3 Å². The molecule has 0 saturated carbocycles. The summed E-state index contributed by atoms with van der Waals surface area (Å²) in [4.78, 5) is 14.0. The van der Waals surface area contributed by atoms with Gasteiger partial charge in [0.15, 0.2) is 0 Å². The topological polar surface area (TPSA) is 90.5 Å². The second kappa shape index (κ2) is 6.01. The van der Waals surface area contributed by atoms with Gasteiger partial charge in [-0.15, -0.1) is 0 Å². The van der Waals surface area contributed by atoms with E-state index < -0.39 is 16.0 Å². The van der Waals surface area contributed by atoms with Gasteiger partial charge < -0.3 is 10.1 Å². The summed E-state index contributed by atoms with van der Waals surface area (Å²) in [5.41, 5.74) is 1.46. The molecule has 0 amide bonds. The van der Waals surface area contributed by atoms with E-state index in [4.69, 9.17) is 5.11 Å². The second-order valence-corrected chi connectivity index (χ2v) is 7.08. The number of benzene rings is 2. The number of carbonyl (C=O) groups is 1. The molecule has 0 atom stereocenters. The predicted octanol–water partition coefficient (Wildman–Crippen LogP) is 3.08. The fourth-order valence-corrected chi connectivity index (χ4v) is 4.11. The number of nitrogens with zero attached hydrogens (tertiary/aromatic N) is 1. The van der Waals surface area contributed by atoms with E-state index in [0.717, 1.165) is 10.9 Å². The fraction of sp³-hybridized carbons (Fsp3) is 0.118. The van der Waals surface area contributed by atoms with Gasteiger partial charge in [0.05, 0.1) is 16.1 Å². The molecule has 0 fully saturated rings. The van der Waals surface area contributed by atoms with Crippen LogP contribution in [0, 0.1) is 0 Å². The third kappa shape index (κ3) is 2.63. The maximum Gasteiger partial charge on any atom is 0.335 e. The minimum atomic E-state index is -3.79. The van der Waals surface area contributed by atoms with Crippen LogP contribution in [0.4, 0.5) is 5.69 Å². The SMILES string of the molecule is CCN(c1c[nH]c2ccccc12)S(=O)(=O)c1ccc(C(=O)O)cc1. The molecule has 3 aromatic rings. The summed E-state index contributed by atoms with van der Waals surface area (Å²) < 4.78 is 27.2. The summed E-state index contributed by atoms with van der Waals surface area (Å²) in [6.07, 6.45) is 1.66. The molecule has 0 aliphatic heterocycles. The molecule has 0 radical (unpaired) electrons. The van der Waals surface area contributed by atoms with E-state index in [-0.39, 0.29) is 17.0 Å². The van der Waals surface area contributed by atoms with Crippen LogP contribution in [0.3, 0.4) is 0 Å². The number of aromatic amines is 1. The Morgan fingerprint density at radius 3 is 2.42 bits per heavy atom. The Labute approximate surface area is 139 Å². The molecular weight excluding hydrogens is 328 g/mol. The van der Waals surface area contributed by atoms with Gasteiger partial charge in [-0.25, -0.2) is 13.2 Å². The summed E-state index contributed by atoms with van der Waals surface area (Å²) in [6.45, 7) is 2.01. The lowest BCUT2D eigenvalue weighted by Crippen LogP contribution is -2.30. The number of rotatable bonds is 5. The maximum absolute atomic E-state index is 13.0. The summed E-state index contributed by atoms with van der Waals surface area (Å²) in [6, 6.07) is 12.7. The zero-order valence-electron chi connectivity index (χ0n) is 12.9. The standard InChI is InChI=1S/C17H16N2O4S/c1-2-19(16-11-18-15-6-4-3-5-14(15)16)24(22,23)13-9-7-12(8-10-13)17(20)21/h3-11,18H,2H2,1H3,(H,20,21). The molecular formula is C17H16N2O4S. The molecule has 7 heteroatoms. The largest absolute Gasteiger partial charge is 0.478 e. The van der Waals surface area contributed by atoms with Gasteiger partial charge in [0.1, 0.15) is 0 Å². The van der Waals surface area contributed by atoms with Crippen molar-refractivity contribution in [1.82, 2.24) is 4.98 Å². The number of nitrogens with one attached hydrogen (secondary N) is 1. The van der Waals surface area contributed by atoms with Crippen molar-refractivity contribution >= 4 is 32.6 Å². The van der Waals surface area contributed by atoms with Gasteiger partial charge >= 0.3 is 5.97 Å². The number of carboxylic acids is 1. The molecule has 124 valence electrons. The number of anilines is 1. The van der Waals surface area contributed by atoms with Crippen LogP contribution in [-0.2, 0) is 10.0 Å². The van der Waals surface area contributed by atoms with Crippen molar-refractivity contribution in [1.29, 1.82) is 0 Å². The van der Waals surface area contributed by atoms with Crippen molar-refractivity contribution in [2.45, 2.75) is 11.8 Å². The molecule has 0 saturated heterocycles. The van der Waals surface area contributed by atoms with Gasteiger partial charge in [0.2, 0.25) is 0 Å². The third-order valence-corrected chi connectivity index (χ3v) is 5.72. The zero-order valence-corrected chi connectivity index (χ0v) is 13.7. The van der Waals surface area contributed by atoms with Gasteiger partial charge in [-0.05, 0) is 37.3 Å². The van der Waals surface area contributed by atoms with Crippen molar-refractivity contribution in [3.63, 3.8) is 0 Å². The van der Waals surface area contributed by atoms with E-state index in [1.807, 2.05) is 24.3 Å². The second-order valence-electron chi connectivity index (χ2n) is 5.22. The fourth-order valence-electron chi connectivity index (χ4n) is 2.63. The molecule has 2 N–H and O–H groups in total. The average molecular weight is 344 g/mol. The van der Waals surface area contributed by atoms with E-state index in [0.29, 0.717) is 5.69 Å². The Balaban J connectivity index is 2.07. The highest BCUT2D eigenvalue weighted by atomic mass is 32.2. The first-order valence-electron chi connectivity index (χ1n) is 7.37. The molecule has 1 heterocycles. The molecule has 6 nitrogen and oxygen atoms in total. The molecule has 3 rings (SSSR count). The minimum Gasteiger partial charge on any atom is -0.478 e. The molecule has 0 bridgehead atoms. The summed E-state index contributed by atoms with van der Waals surface area (Å²) in [5, 5.41) is 9.75. The number of H-pyrrole nitrogens is 1. The van der Waals surface area contributed by atoms with E-state index in [1.54, 1.807) is 13.1 Å². The Bertz CT molecular complexity index is 991. The highest BCUT2D eigenvalue weighted by molar-refractivity contribution is 7.92. The van der Waals surface area contributed by atoms with Crippen LogP contribution < -0.4 is 4.31 Å². The smallest absolute Gasteiger partial charge is 0.335 e. The molecule has 2 aromatic carbocycles. The normalized spacial score (nSPS) is 11.5. The third-order valence-electron chi connectivity index (χ3n) is 3.81. The quantitative estimate of drug-likeness (QED) is 0.744. The number of aromatic nitrogens is 1. The first-order chi connectivity index (χ1) is 11.4. The average Bonchev–Trinajstić information content (AvgIpc) is 2.99. The predicted molar refractivity (Wildman–Crippen MR) is 91.9 cm³/mol. The lowest BCUT2D eigenvalue weighted by molar-refractivity contribution is 0.0696. The van der Waals surface area contributed by atoms with Crippen molar-refractivity contribution in [2.24, 2.45) is 0 Å². The van der Waals surface area contributed by atoms with Crippen LogP contribution in [0.25, 0.3) is 10.9 Å². The van der Waals surface area contributed by atoms with Crippen LogP contribution in [0.5, 0.6) is 0 Å². The molecule has 0 unspecified atom stereocenters. The van der Waals surface area contributed by atoms with Crippen LogP contribution in [-0.4, -0.2) is 31.0 Å². The first-order valence-corrected chi connectivity index (χ1v) is 8.81. The Hall–Kier alpha value is -2.80. The zero-order chi connectivity index (χ0) is 17.3. The van der Waals surface area contributed by atoms with Crippen molar-refractivity contribution in [2.75, 3.05) is 10.8 Å². The number of carboxylic acid groups (broad SMARTS) is 1. The Morgan fingerprint density at radius 2 is 1.79 bits per heavy atom. The maximum atomic E-state index is 13.0. The van der Waals surface area contributed by atoms with Gasteiger partial charge in [-0.3, -0.25) is 4.31 Å². The van der Waals surface area contributed by atoms with Gasteiger partial charge in [-0.2, -0.15) is 0 Å². The lowest BCUT2D eigenvalue weighted by Gasteiger charge is -2.22. The van der Waals surface area contributed by atoms with Crippen molar-refractivity contribution in [3.8, 4) is 0 Å². The highest BCUT2D eigenvalue weighted by Crippen LogP contribution is 2.30. The summed E-state index contributed by atoms with van der Waals surface area (Å²) >= 11 is 0. The monoisotopic (exact) mass is 344 g/mol. The first kappa shape index (κ1) is 16.1. The molecule has 0 aliphatic carbocycles. The van der Waals surface area contributed by atoms with Gasteiger partial charge in [0.25, 0.3) is 10.0 Å². The number of hydrogen-bond donors (Lipinski definition) is 2. The number of fused-ring (bicyclic) bond motifs is 1. The minimum absolute atomic E-state index is 0.0455. The lowest BCUT2D eigenvalue weighted by atomic mass is 10.2. The van der Waals surface area contributed by atoms with E-state index in [1.165, 1.54) is 28.6 Å². The van der Waals surface area contributed by atoms with E-state index in [9.17, 15) is 13.2 Å². The molecule has 0 aliphatic rings. The van der Waals surface area contributed by atoms with Crippen LogP contribution >= 0.6 is 0 Å². The number of aromatic carboxylic acids is 1. The van der Waals surface area contributed by atoms with Crippen LogP contribution in [0.2, 0.25) is 0 Å². The molecule has 24 heavy (non-hydrogen) atoms. The summed E-state index contributed by atoms with van der Waals surface area (Å²) in [5.74, 6) is -1.09.